The van der Waals surface area contributed by atoms with Crippen molar-refractivity contribution in [1.29, 1.82) is 0 Å². The molecule has 0 saturated heterocycles. The van der Waals surface area contributed by atoms with E-state index in [2.05, 4.69) is 81.6 Å². The maximum Gasteiger partial charge on any atom is 0.333 e. The first-order valence-corrected chi connectivity index (χ1v) is 18.4. The van der Waals surface area contributed by atoms with Gasteiger partial charge in [0.15, 0.2) is 0 Å². The number of esters is 2. The van der Waals surface area contributed by atoms with Gasteiger partial charge in [-0.1, -0.05) is 82.3 Å². The molecule has 0 radical (unpaired) electrons. The Morgan fingerprint density at radius 2 is 1.26 bits per heavy atom. The molecule has 0 atom stereocenters. The summed E-state index contributed by atoms with van der Waals surface area (Å²) >= 11 is 0. The molecule has 3 aromatic rings. The normalized spacial score (nSPS) is 15.7. The van der Waals surface area contributed by atoms with Crippen LogP contribution >= 0.6 is 0 Å². The quantitative estimate of drug-likeness (QED) is 0.0819. The van der Waals surface area contributed by atoms with E-state index >= 15 is 0 Å². The molecule has 0 aliphatic heterocycles. The van der Waals surface area contributed by atoms with E-state index in [0.29, 0.717) is 55.8 Å². The molecule has 1 fully saturated rings. The Bertz CT molecular complexity index is 1550. The summed E-state index contributed by atoms with van der Waals surface area (Å²) in [5.41, 5.74) is 10.2. The minimum absolute atomic E-state index is 0.0330. The van der Waals surface area contributed by atoms with Gasteiger partial charge in [0.2, 0.25) is 0 Å². The number of ether oxygens (including phenoxy) is 3. The van der Waals surface area contributed by atoms with Gasteiger partial charge in [-0.15, -0.1) is 0 Å². The number of rotatable bonds is 18. The first kappa shape index (κ1) is 38.6. The fourth-order valence-electron chi connectivity index (χ4n) is 6.70. The minimum Gasteiger partial charge on any atom is -0.493 e. The molecule has 6 nitrogen and oxygen atoms in total. The van der Waals surface area contributed by atoms with E-state index in [1.54, 1.807) is 13.8 Å². The summed E-state index contributed by atoms with van der Waals surface area (Å²) in [6, 6.07) is 20.3. The largest absolute Gasteiger partial charge is 0.493 e. The number of benzene rings is 3. The lowest BCUT2D eigenvalue weighted by Crippen LogP contribution is -2.10. The number of aliphatic hydroxyl groups is 1. The Labute approximate surface area is 299 Å². The van der Waals surface area contributed by atoms with E-state index in [-0.39, 0.29) is 19.8 Å². The Hall–Kier alpha value is -4.16. The Morgan fingerprint density at radius 3 is 1.78 bits per heavy atom. The fourth-order valence-corrected chi connectivity index (χ4v) is 6.70. The van der Waals surface area contributed by atoms with Crippen LogP contribution in [0.1, 0.15) is 101 Å². The number of hydrogen-bond donors (Lipinski definition) is 1. The molecule has 0 amide bonds. The van der Waals surface area contributed by atoms with Crippen LogP contribution < -0.4 is 4.74 Å². The number of aryl methyl sites for hydroxylation is 3. The lowest BCUT2D eigenvalue weighted by atomic mass is 9.79. The molecular formula is C44H56O6. The third kappa shape index (κ3) is 10.9. The van der Waals surface area contributed by atoms with Crippen LogP contribution in [-0.4, -0.2) is 43.5 Å². The average molecular weight is 681 g/mol. The predicted molar refractivity (Wildman–Crippen MR) is 202 cm³/mol. The van der Waals surface area contributed by atoms with Crippen LogP contribution in [0.25, 0.3) is 22.3 Å². The summed E-state index contributed by atoms with van der Waals surface area (Å²) in [5.74, 6) is 1.51. The summed E-state index contributed by atoms with van der Waals surface area (Å²) < 4.78 is 17.1. The van der Waals surface area contributed by atoms with Gasteiger partial charge in [0.25, 0.3) is 0 Å². The van der Waals surface area contributed by atoms with Crippen LogP contribution in [0.5, 0.6) is 5.75 Å². The topological polar surface area (TPSA) is 82.1 Å². The Kier molecular flexibility index (Phi) is 14.9. The SMILES string of the molecule is C=C(C)C(=O)OCCCc1cc(-c2ccc(-c3ccc(C4CCC(C)CC4)cc3)cc2CC)cc(CCCOC(=O)C(=C)C)c1OCCCO. The van der Waals surface area contributed by atoms with Gasteiger partial charge in [0, 0.05) is 24.2 Å². The van der Waals surface area contributed by atoms with Crippen molar-refractivity contribution in [3.63, 3.8) is 0 Å². The molecule has 1 aliphatic carbocycles. The predicted octanol–water partition coefficient (Wildman–Crippen LogP) is 9.74. The zero-order valence-electron chi connectivity index (χ0n) is 30.7. The van der Waals surface area contributed by atoms with Crippen molar-refractivity contribution in [1.82, 2.24) is 0 Å². The summed E-state index contributed by atoms with van der Waals surface area (Å²) in [6.07, 6.45) is 9.07. The van der Waals surface area contributed by atoms with E-state index in [1.165, 1.54) is 47.9 Å². The summed E-state index contributed by atoms with van der Waals surface area (Å²) in [6.45, 7) is 16.1. The van der Waals surface area contributed by atoms with Crippen molar-refractivity contribution in [3.05, 3.63) is 101 Å². The molecule has 4 rings (SSSR count). The van der Waals surface area contributed by atoms with Crippen molar-refractivity contribution < 1.29 is 28.9 Å². The molecule has 6 heteroatoms. The second-order valence-electron chi connectivity index (χ2n) is 13.9. The van der Waals surface area contributed by atoms with Crippen molar-refractivity contribution in [2.75, 3.05) is 26.4 Å². The van der Waals surface area contributed by atoms with Crippen LogP contribution in [0.2, 0.25) is 0 Å². The molecule has 268 valence electrons. The fraction of sp³-hybridized carbons (Fsp3) is 0.455. The van der Waals surface area contributed by atoms with Gasteiger partial charge in [-0.2, -0.15) is 0 Å². The molecule has 0 aromatic heterocycles. The summed E-state index contributed by atoms with van der Waals surface area (Å²) in [4.78, 5) is 24.0. The summed E-state index contributed by atoms with van der Waals surface area (Å²) in [5, 5.41) is 9.47. The molecule has 1 aliphatic rings. The standard InChI is InChI=1S/C44H56O6/c1-7-33-27-37(36-19-17-35(18-20-36)34-15-13-32(6)14-16-34)21-22-41(33)40-28-38(11-8-24-49-43(46)30(2)3)42(48-26-10-23-45)39(29-40)12-9-25-50-44(47)31(4)5/h17-22,27-29,32,34,45H,2,4,7-16,23-26H2,1,3,5-6H3. The number of carbonyl (C=O) groups excluding carboxylic acids is 2. The average Bonchev–Trinajstić information content (AvgIpc) is 3.12. The lowest BCUT2D eigenvalue weighted by Gasteiger charge is -2.26. The van der Waals surface area contributed by atoms with Crippen LogP contribution in [0.4, 0.5) is 0 Å². The van der Waals surface area contributed by atoms with Crippen molar-refractivity contribution >= 4 is 11.9 Å². The highest BCUT2D eigenvalue weighted by Crippen LogP contribution is 2.38. The number of hydrogen-bond acceptors (Lipinski definition) is 6. The van der Waals surface area contributed by atoms with E-state index in [9.17, 15) is 14.7 Å². The molecular weight excluding hydrogens is 624 g/mol. The van der Waals surface area contributed by atoms with Crippen LogP contribution in [0.15, 0.2) is 78.9 Å². The van der Waals surface area contributed by atoms with E-state index in [1.807, 2.05) is 0 Å². The van der Waals surface area contributed by atoms with Crippen molar-refractivity contribution in [3.8, 4) is 28.0 Å². The number of aliphatic hydroxyl groups excluding tert-OH is 1. The smallest absolute Gasteiger partial charge is 0.333 e. The first-order chi connectivity index (χ1) is 24.1. The molecule has 0 bridgehead atoms. The van der Waals surface area contributed by atoms with E-state index in [4.69, 9.17) is 14.2 Å². The highest BCUT2D eigenvalue weighted by atomic mass is 16.5. The van der Waals surface area contributed by atoms with E-state index in [0.717, 1.165) is 40.3 Å². The van der Waals surface area contributed by atoms with Gasteiger partial charge >= 0.3 is 11.9 Å². The molecule has 1 saturated carbocycles. The van der Waals surface area contributed by atoms with Crippen LogP contribution in [0, 0.1) is 5.92 Å². The van der Waals surface area contributed by atoms with Gasteiger partial charge in [0.1, 0.15) is 5.75 Å². The third-order valence-electron chi connectivity index (χ3n) is 9.66. The highest BCUT2D eigenvalue weighted by molar-refractivity contribution is 5.87. The van der Waals surface area contributed by atoms with Crippen molar-refractivity contribution in [2.45, 2.75) is 97.8 Å². The Morgan fingerprint density at radius 1 is 0.720 bits per heavy atom. The molecule has 1 N–H and O–H groups in total. The van der Waals surface area contributed by atoms with Gasteiger partial charge in [-0.25, -0.2) is 9.59 Å². The Balaban J connectivity index is 1.65. The highest BCUT2D eigenvalue weighted by Gasteiger charge is 2.20. The first-order valence-electron chi connectivity index (χ1n) is 18.4. The summed E-state index contributed by atoms with van der Waals surface area (Å²) in [7, 11) is 0. The zero-order valence-corrected chi connectivity index (χ0v) is 30.7. The molecule has 0 heterocycles. The van der Waals surface area contributed by atoms with Gasteiger partial charge in [0.05, 0.1) is 19.8 Å². The minimum atomic E-state index is -0.394. The van der Waals surface area contributed by atoms with Crippen LogP contribution in [-0.2, 0) is 38.3 Å². The van der Waals surface area contributed by atoms with Crippen molar-refractivity contribution in [2.24, 2.45) is 5.92 Å². The van der Waals surface area contributed by atoms with Gasteiger partial charge < -0.3 is 19.3 Å². The van der Waals surface area contributed by atoms with Crippen LogP contribution in [0.3, 0.4) is 0 Å². The van der Waals surface area contributed by atoms with Gasteiger partial charge in [-0.3, -0.25) is 0 Å². The maximum absolute atomic E-state index is 12.0. The third-order valence-corrected chi connectivity index (χ3v) is 9.66. The molecule has 50 heavy (non-hydrogen) atoms. The van der Waals surface area contributed by atoms with E-state index < -0.39 is 11.9 Å². The maximum atomic E-state index is 12.0. The second kappa shape index (κ2) is 19.3. The monoisotopic (exact) mass is 680 g/mol. The molecule has 3 aromatic carbocycles. The molecule has 0 unspecified atom stereocenters. The lowest BCUT2D eigenvalue weighted by molar-refractivity contribution is -0.139. The molecule has 0 spiro atoms. The second-order valence-corrected chi connectivity index (χ2v) is 13.9. The zero-order chi connectivity index (χ0) is 36.0. The number of carbonyl (C=O) groups is 2. The van der Waals surface area contributed by atoms with Gasteiger partial charge in [-0.05, 0) is 127 Å².